The Morgan fingerprint density at radius 2 is 1.64 bits per heavy atom. The van der Waals surface area contributed by atoms with Crippen LogP contribution in [0.15, 0.2) is 11.6 Å². The topological polar surface area (TPSA) is 26.3 Å². The molecule has 3 heteroatoms. The highest BCUT2D eigenvalue weighted by Gasteiger charge is 2.57. The van der Waals surface area contributed by atoms with E-state index in [0.717, 1.165) is 32.3 Å². The van der Waals surface area contributed by atoms with E-state index in [-0.39, 0.29) is 10.8 Å². The third kappa shape index (κ3) is 3.60. The molecule has 4 atom stereocenters. The van der Waals surface area contributed by atoms with Crippen LogP contribution in [0.4, 0.5) is 0 Å². The fraction of sp³-hybridized carbons (Fsp3) is 0.880. The molecule has 2 aliphatic carbocycles. The maximum absolute atomic E-state index is 13.1. The fourth-order valence-electron chi connectivity index (χ4n) is 7.08. The molecule has 0 bridgehead atoms. The van der Waals surface area contributed by atoms with Crippen molar-refractivity contribution >= 4 is 14.1 Å². The second-order valence-corrected chi connectivity index (χ2v) is 16.6. The summed E-state index contributed by atoms with van der Waals surface area (Å²) >= 11 is 0. The van der Waals surface area contributed by atoms with Crippen LogP contribution < -0.4 is 0 Å². The molecule has 0 aliphatic heterocycles. The fourth-order valence-corrected chi connectivity index (χ4v) is 12.5. The Balaban J connectivity index is 2.26. The van der Waals surface area contributed by atoms with Crippen molar-refractivity contribution in [2.45, 2.75) is 112 Å². The summed E-state index contributed by atoms with van der Waals surface area (Å²) in [7, 11) is -1.83. The summed E-state index contributed by atoms with van der Waals surface area (Å²) in [5.74, 6) is 1.34. The first kappa shape index (κ1) is 23.9. The second-order valence-electron chi connectivity index (χ2n) is 11.2. The zero-order valence-corrected chi connectivity index (χ0v) is 21.3. The van der Waals surface area contributed by atoms with Gasteiger partial charge in [-0.25, -0.2) is 0 Å². The number of hydrogen-bond acceptors (Lipinski definition) is 2. The Labute approximate surface area is 176 Å². The van der Waals surface area contributed by atoms with Crippen LogP contribution in [0.5, 0.6) is 0 Å². The lowest BCUT2D eigenvalue weighted by atomic mass is 9.47. The van der Waals surface area contributed by atoms with Gasteiger partial charge >= 0.3 is 0 Å². The Bertz CT molecular complexity index is 584. The molecule has 1 saturated carbocycles. The van der Waals surface area contributed by atoms with Crippen molar-refractivity contribution in [1.29, 1.82) is 0 Å². The lowest BCUT2D eigenvalue weighted by Crippen LogP contribution is -2.55. The van der Waals surface area contributed by atoms with Gasteiger partial charge in [0.2, 0.25) is 0 Å². The van der Waals surface area contributed by atoms with Crippen LogP contribution >= 0.6 is 0 Å². The average molecular weight is 407 g/mol. The van der Waals surface area contributed by atoms with E-state index in [2.05, 4.69) is 75.3 Å². The van der Waals surface area contributed by atoms with Crippen molar-refractivity contribution in [1.82, 2.24) is 0 Å². The van der Waals surface area contributed by atoms with E-state index in [0.29, 0.717) is 34.2 Å². The molecule has 0 radical (unpaired) electrons. The van der Waals surface area contributed by atoms with Gasteiger partial charge in [-0.2, -0.15) is 0 Å². The monoisotopic (exact) mass is 406 g/mol. The van der Waals surface area contributed by atoms with Crippen LogP contribution in [-0.4, -0.2) is 20.7 Å². The number of carbonyl (C=O) groups is 1. The van der Waals surface area contributed by atoms with Crippen molar-refractivity contribution in [3.05, 3.63) is 11.6 Å². The Morgan fingerprint density at radius 3 is 2.14 bits per heavy atom. The summed E-state index contributed by atoms with van der Waals surface area (Å²) in [6.07, 6.45) is 6.37. The molecule has 0 N–H and O–H groups in total. The van der Waals surface area contributed by atoms with Crippen molar-refractivity contribution in [3.63, 3.8) is 0 Å². The summed E-state index contributed by atoms with van der Waals surface area (Å²) in [5, 5.41) is 0. The Morgan fingerprint density at radius 1 is 1.11 bits per heavy atom. The zero-order chi connectivity index (χ0) is 21.5. The van der Waals surface area contributed by atoms with Crippen LogP contribution in [0, 0.1) is 22.7 Å². The molecular weight excluding hydrogens is 360 g/mol. The van der Waals surface area contributed by atoms with Gasteiger partial charge in [0.25, 0.3) is 0 Å². The maximum Gasteiger partial charge on any atom is 0.200 e. The molecule has 162 valence electrons. The van der Waals surface area contributed by atoms with Crippen molar-refractivity contribution in [2.24, 2.45) is 22.7 Å². The van der Waals surface area contributed by atoms with E-state index in [4.69, 9.17) is 4.43 Å². The van der Waals surface area contributed by atoms with E-state index >= 15 is 0 Å². The summed E-state index contributed by atoms with van der Waals surface area (Å²) in [4.78, 5) is 13.1. The Kier molecular flexibility index (Phi) is 7.14. The maximum atomic E-state index is 13.1. The third-order valence-corrected chi connectivity index (χ3v) is 15.2. The molecule has 1 fully saturated rings. The van der Waals surface area contributed by atoms with Gasteiger partial charge in [-0.1, -0.05) is 67.0 Å². The van der Waals surface area contributed by atoms with E-state index in [1.165, 1.54) is 5.57 Å². The molecule has 0 aromatic rings. The molecule has 28 heavy (non-hydrogen) atoms. The zero-order valence-electron chi connectivity index (χ0n) is 20.3. The standard InChI is InChI=1S/C25H46O2Si/c1-17(2)28(18(3)4,19(5)6)27-15-14-24(9)21(8)16-23(26)25(10)20(7)12-11-13-22(24)25/h12,17-19,21-22H,11,13-16H2,1-10H3/t21-,22-,24+,25+/m0/s1. The minimum absolute atomic E-state index is 0.170. The number of allylic oxidation sites excluding steroid dienone is 2. The summed E-state index contributed by atoms with van der Waals surface area (Å²) in [5.41, 5.74) is 3.08. The smallest absolute Gasteiger partial charge is 0.200 e. The van der Waals surface area contributed by atoms with Crippen molar-refractivity contribution < 1.29 is 9.22 Å². The van der Waals surface area contributed by atoms with Gasteiger partial charge in [-0.3, -0.25) is 4.79 Å². The van der Waals surface area contributed by atoms with Crippen LogP contribution in [0.25, 0.3) is 0 Å². The van der Waals surface area contributed by atoms with Crippen LogP contribution in [0.3, 0.4) is 0 Å². The Hall–Kier alpha value is -0.413. The molecule has 0 spiro atoms. The van der Waals surface area contributed by atoms with Gasteiger partial charge in [0.05, 0.1) is 5.41 Å². The predicted octanol–water partition coefficient (Wildman–Crippen LogP) is 7.55. The predicted molar refractivity (Wildman–Crippen MR) is 123 cm³/mol. The summed E-state index contributed by atoms with van der Waals surface area (Å²) in [6.45, 7) is 24.2. The van der Waals surface area contributed by atoms with Gasteiger partial charge in [0, 0.05) is 13.0 Å². The highest BCUT2D eigenvalue weighted by molar-refractivity contribution is 6.77. The van der Waals surface area contributed by atoms with Crippen molar-refractivity contribution in [2.75, 3.05) is 6.61 Å². The molecule has 0 unspecified atom stereocenters. The minimum atomic E-state index is -1.83. The van der Waals surface area contributed by atoms with Crippen molar-refractivity contribution in [3.8, 4) is 0 Å². The second kappa shape index (κ2) is 8.38. The largest absolute Gasteiger partial charge is 0.416 e. The molecule has 0 amide bonds. The van der Waals surface area contributed by atoms with Gasteiger partial charge in [0.15, 0.2) is 8.32 Å². The molecule has 0 saturated heterocycles. The normalized spacial score (nSPS) is 34.2. The first-order chi connectivity index (χ1) is 12.8. The number of rotatable bonds is 7. The molecule has 0 aromatic heterocycles. The van der Waals surface area contributed by atoms with Gasteiger partial charge < -0.3 is 4.43 Å². The summed E-state index contributed by atoms with van der Waals surface area (Å²) in [6, 6.07) is 0. The minimum Gasteiger partial charge on any atom is -0.416 e. The van der Waals surface area contributed by atoms with E-state index in [1.807, 2.05) is 0 Å². The number of fused-ring (bicyclic) bond motifs is 1. The number of ketones is 1. The third-order valence-electron chi connectivity index (χ3n) is 9.11. The lowest BCUT2D eigenvalue weighted by Gasteiger charge is -2.57. The number of Topliss-reactive ketones (excluding diaryl/α,β-unsaturated/α-hetero) is 1. The van der Waals surface area contributed by atoms with E-state index in [1.54, 1.807) is 0 Å². The molecule has 2 nitrogen and oxygen atoms in total. The summed E-state index contributed by atoms with van der Waals surface area (Å²) < 4.78 is 6.94. The highest BCUT2D eigenvalue weighted by atomic mass is 28.4. The first-order valence-corrected chi connectivity index (χ1v) is 13.8. The molecule has 2 aliphatic rings. The molecule has 2 rings (SSSR count). The van der Waals surface area contributed by atoms with Gasteiger partial charge in [-0.05, 0) is 67.0 Å². The first-order valence-electron chi connectivity index (χ1n) is 11.7. The highest BCUT2D eigenvalue weighted by Crippen LogP contribution is 2.60. The number of carbonyl (C=O) groups excluding carboxylic acids is 1. The lowest BCUT2D eigenvalue weighted by molar-refractivity contribution is -0.145. The van der Waals surface area contributed by atoms with Crippen LogP contribution in [0.2, 0.25) is 16.6 Å². The van der Waals surface area contributed by atoms with Gasteiger partial charge in [-0.15, -0.1) is 0 Å². The average Bonchev–Trinajstić information content (AvgIpc) is 2.58. The SMILES string of the molecule is CC1=CCC[C@@H]2[C@]1(C)C(=O)C[C@H](C)[C@@]2(C)CCO[Si](C(C)C)(C(C)C)C(C)C. The van der Waals surface area contributed by atoms with Crippen LogP contribution in [0.1, 0.15) is 94.9 Å². The quantitative estimate of drug-likeness (QED) is 0.322. The molecule has 0 aromatic carbocycles. The molecule has 0 heterocycles. The van der Waals surface area contributed by atoms with Crippen LogP contribution in [-0.2, 0) is 9.22 Å². The van der Waals surface area contributed by atoms with E-state index < -0.39 is 8.32 Å². The number of hydrogen-bond donors (Lipinski definition) is 0. The molecular formula is C25H46O2Si. The van der Waals surface area contributed by atoms with Gasteiger partial charge in [0.1, 0.15) is 5.78 Å². The van der Waals surface area contributed by atoms with E-state index in [9.17, 15) is 4.79 Å².